The Kier molecular flexibility index (Phi) is 2.11. The predicted octanol–water partition coefficient (Wildman–Crippen LogP) is 1.07. The lowest BCUT2D eigenvalue weighted by atomic mass is 10.0. The van der Waals surface area contributed by atoms with Crippen LogP contribution < -0.4 is 5.11 Å². The van der Waals surface area contributed by atoms with Crippen LogP contribution in [-0.4, -0.2) is 5.97 Å². The first-order chi connectivity index (χ1) is 7.24. The monoisotopic (exact) mass is 196 g/mol. The predicted molar refractivity (Wildman–Crippen MR) is 53.0 cm³/mol. The number of hydrogen-bond acceptors (Lipinski definition) is 3. The summed E-state index contributed by atoms with van der Waals surface area (Å²) < 4.78 is 0. The molecule has 0 saturated heterocycles. The van der Waals surface area contributed by atoms with Crippen molar-refractivity contribution in [3.05, 3.63) is 47.5 Å². The van der Waals surface area contributed by atoms with E-state index in [0.29, 0.717) is 16.3 Å². The zero-order valence-electron chi connectivity index (χ0n) is 7.73. The van der Waals surface area contributed by atoms with Gasteiger partial charge in [0.2, 0.25) is 0 Å². The molecule has 0 saturated carbocycles. The first kappa shape index (κ1) is 9.22. The third-order valence-electron chi connectivity index (χ3n) is 2.26. The number of carboxylic acids is 1. The Balaban J connectivity index is 2.90. The van der Waals surface area contributed by atoms with Gasteiger partial charge in [-0.3, -0.25) is 0 Å². The van der Waals surface area contributed by atoms with Gasteiger partial charge in [-0.25, -0.2) is 0 Å². The largest absolute Gasteiger partial charge is 0.545 e. The van der Waals surface area contributed by atoms with E-state index in [-0.39, 0.29) is 5.56 Å². The summed E-state index contributed by atoms with van der Waals surface area (Å²) in [5.41, 5.74) is 0.584. The number of benzene rings is 2. The molecule has 0 fully saturated rings. The molecule has 15 heavy (non-hydrogen) atoms. The second-order valence-electron chi connectivity index (χ2n) is 3.11. The summed E-state index contributed by atoms with van der Waals surface area (Å²) in [6.45, 7) is 0. The van der Waals surface area contributed by atoms with Crippen molar-refractivity contribution >= 4 is 16.7 Å². The molecule has 3 heteroatoms. The maximum Gasteiger partial charge on any atom is 0.0998 e. The molecular weight excluding hydrogens is 190 g/mol. The van der Waals surface area contributed by atoms with Crippen molar-refractivity contribution in [3.8, 4) is 6.07 Å². The van der Waals surface area contributed by atoms with Crippen LogP contribution in [0, 0.1) is 11.3 Å². The topological polar surface area (TPSA) is 63.9 Å². The normalized spacial score (nSPS) is 9.80. The van der Waals surface area contributed by atoms with Crippen LogP contribution >= 0.6 is 0 Å². The van der Waals surface area contributed by atoms with Gasteiger partial charge in [-0.15, -0.1) is 0 Å². The minimum absolute atomic E-state index is 0.115. The molecular formula is C12H6NO2-. The van der Waals surface area contributed by atoms with Crippen LogP contribution in [0.2, 0.25) is 0 Å². The van der Waals surface area contributed by atoms with Crippen molar-refractivity contribution < 1.29 is 9.90 Å². The van der Waals surface area contributed by atoms with Gasteiger partial charge in [0.1, 0.15) is 0 Å². The molecule has 0 atom stereocenters. The third kappa shape index (κ3) is 1.42. The first-order valence-electron chi connectivity index (χ1n) is 4.37. The standard InChI is InChI=1S/C12H7NO2/c13-7-8-3-1-5-10-9(8)4-2-6-11(10)12(14)15/h1-6H,(H,14,15)/p-1. The highest BCUT2D eigenvalue weighted by atomic mass is 16.4. The number of carbonyl (C=O) groups is 1. The number of carboxylic acid groups (broad SMARTS) is 1. The molecule has 0 aliphatic heterocycles. The number of fused-ring (bicyclic) bond motifs is 1. The lowest BCUT2D eigenvalue weighted by Crippen LogP contribution is -2.22. The number of carbonyl (C=O) groups excluding carboxylic acids is 1. The zero-order chi connectivity index (χ0) is 10.8. The molecule has 0 bridgehead atoms. The summed E-state index contributed by atoms with van der Waals surface area (Å²) in [4.78, 5) is 10.8. The molecule has 0 aromatic heterocycles. The van der Waals surface area contributed by atoms with Gasteiger partial charge in [0.05, 0.1) is 17.6 Å². The van der Waals surface area contributed by atoms with Crippen molar-refractivity contribution in [1.29, 1.82) is 5.26 Å². The molecule has 0 N–H and O–H groups in total. The van der Waals surface area contributed by atoms with E-state index in [0.717, 1.165) is 0 Å². The van der Waals surface area contributed by atoms with Crippen molar-refractivity contribution in [2.45, 2.75) is 0 Å². The molecule has 2 aromatic carbocycles. The van der Waals surface area contributed by atoms with Crippen LogP contribution in [0.15, 0.2) is 36.4 Å². The highest BCUT2D eigenvalue weighted by Gasteiger charge is 2.04. The average Bonchev–Trinajstić information content (AvgIpc) is 2.27. The zero-order valence-corrected chi connectivity index (χ0v) is 7.73. The van der Waals surface area contributed by atoms with Gasteiger partial charge in [-0.05, 0) is 11.5 Å². The summed E-state index contributed by atoms with van der Waals surface area (Å²) in [6.07, 6.45) is 0. The lowest BCUT2D eigenvalue weighted by Gasteiger charge is -2.07. The molecule has 0 amide bonds. The second kappa shape index (κ2) is 3.43. The van der Waals surface area contributed by atoms with Crippen molar-refractivity contribution in [2.75, 3.05) is 0 Å². The number of hydrogen-bond donors (Lipinski definition) is 0. The lowest BCUT2D eigenvalue weighted by molar-refractivity contribution is -0.254. The van der Waals surface area contributed by atoms with Crippen molar-refractivity contribution in [1.82, 2.24) is 0 Å². The van der Waals surface area contributed by atoms with Gasteiger partial charge in [-0.2, -0.15) is 5.26 Å². The fraction of sp³-hybridized carbons (Fsp3) is 0. The maximum absolute atomic E-state index is 10.8. The first-order valence-corrected chi connectivity index (χ1v) is 4.37. The Labute approximate surface area is 86.2 Å². The van der Waals surface area contributed by atoms with Crippen LogP contribution in [0.5, 0.6) is 0 Å². The minimum Gasteiger partial charge on any atom is -0.545 e. The third-order valence-corrected chi connectivity index (χ3v) is 2.26. The van der Waals surface area contributed by atoms with E-state index < -0.39 is 5.97 Å². The molecule has 0 spiro atoms. The highest BCUT2D eigenvalue weighted by molar-refractivity contribution is 6.04. The molecule has 0 aliphatic rings. The molecule has 0 aliphatic carbocycles. The van der Waals surface area contributed by atoms with Gasteiger partial charge in [0, 0.05) is 10.9 Å². The molecule has 72 valence electrons. The van der Waals surface area contributed by atoms with Crippen LogP contribution in [-0.2, 0) is 0 Å². The Bertz CT molecular complexity index is 582. The van der Waals surface area contributed by atoms with Crippen LogP contribution in [0.25, 0.3) is 10.8 Å². The number of nitrogens with zero attached hydrogens (tertiary/aromatic N) is 1. The van der Waals surface area contributed by atoms with E-state index in [9.17, 15) is 9.90 Å². The fourth-order valence-electron chi connectivity index (χ4n) is 1.59. The molecule has 3 nitrogen and oxygen atoms in total. The smallest absolute Gasteiger partial charge is 0.0998 e. The molecule has 2 rings (SSSR count). The number of rotatable bonds is 1. The SMILES string of the molecule is N#Cc1cccc2c(C(=O)[O-])cccc12. The summed E-state index contributed by atoms with van der Waals surface area (Å²) >= 11 is 0. The van der Waals surface area contributed by atoms with E-state index >= 15 is 0 Å². The van der Waals surface area contributed by atoms with Gasteiger partial charge in [-0.1, -0.05) is 30.3 Å². The second-order valence-corrected chi connectivity index (χ2v) is 3.11. The van der Waals surface area contributed by atoms with Crippen molar-refractivity contribution in [3.63, 3.8) is 0 Å². The van der Waals surface area contributed by atoms with Gasteiger partial charge in [0.25, 0.3) is 0 Å². The Morgan fingerprint density at radius 1 is 1.13 bits per heavy atom. The molecule has 2 aromatic rings. The van der Waals surface area contributed by atoms with E-state index in [2.05, 4.69) is 0 Å². The average molecular weight is 196 g/mol. The van der Waals surface area contributed by atoms with Crippen molar-refractivity contribution in [2.24, 2.45) is 0 Å². The minimum atomic E-state index is -1.23. The van der Waals surface area contributed by atoms with Gasteiger partial charge < -0.3 is 9.90 Å². The number of aromatic carboxylic acids is 1. The summed E-state index contributed by atoms with van der Waals surface area (Å²) in [5.74, 6) is -1.23. The molecule has 0 unspecified atom stereocenters. The van der Waals surface area contributed by atoms with Gasteiger partial charge in [0.15, 0.2) is 0 Å². The fourth-order valence-corrected chi connectivity index (χ4v) is 1.59. The Morgan fingerprint density at radius 3 is 2.47 bits per heavy atom. The van der Waals surface area contributed by atoms with E-state index in [1.54, 1.807) is 30.3 Å². The summed E-state index contributed by atoms with van der Waals surface area (Å²) in [6, 6.07) is 11.8. The van der Waals surface area contributed by atoms with E-state index in [1.165, 1.54) is 6.07 Å². The number of nitriles is 1. The van der Waals surface area contributed by atoms with E-state index in [1.807, 2.05) is 6.07 Å². The van der Waals surface area contributed by atoms with E-state index in [4.69, 9.17) is 5.26 Å². The quantitative estimate of drug-likeness (QED) is 0.685. The molecule has 0 radical (unpaired) electrons. The summed E-state index contributed by atoms with van der Waals surface area (Å²) in [5, 5.41) is 20.9. The van der Waals surface area contributed by atoms with Crippen LogP contribution in [0.1, 0.15) is 15.9 Å². The molecule has 0 heterocycles. The van der Waals surface area contributed by atoms with Gasteiger partial charge >= 0.3 is 0 Å². The Morgan fingerprint density at radius 2 is 1.80 bits per heavy atom. The van der Waals surface area contributed by atoms with Crippen LogP contribution in [0.4, 0.5) is 0 Å². The Hall–Kier alpha value is -2.34. The highest BCUT2D eigenvalue weighted by Crippen LogP contribution is 2.21. The maximum atomic E-state index is 10.8. The summed E-state index contributed by atoms with van der Waals surface area (Å²) in [7, 11) is 0. The van der Waals surface area contributed by atoms with Crippen LogP contribution in [0.3, 0.4) is 0 Å².